The van der Waals surface area contributed by atoms with E-state index in [2.05, 4.69) is 13.5 Å². The first-order valence-electron chi connectivity index (χ1n) is 7.41. The van der Waals surface area contributed by atoms with Gasteiger partial charge in [-0.1, -0.05) is 60.7 Å². The van der Waals surface area contributed by atoms with Crippen LogP contribution in [-0.4, -0.2) is 4.67 Å². The molecule has 0 N–H and O–H groups in total. The monoisotopic (exact) mass is 506 g/mol. The minimum Gasteiger partial charge on any atom is -0.231 e. The van der Waals surface area contributed by atoms with Gasteiger partial charge in [0.1, 0.15) is 0 Å². The normalized spacial score (nSPS) is 23.6. The van der Waals surface area contributed by atoms with Crippen molar-refractivity contribution in [1.82, 2.24) is 4.67 Å². The fraction of sp³-hybridized carbons (Fsp3) is 0.143. The average molecular weight is 508 g/mol. The van der Waals surface area contributed by atoms with Gasteiger partial charge in [0.15, 0.2) is 0 Å². The number of hydrogen-bond donors (Lipinski definition) is 0. The van der Waals surface area contributed by atoms with E-state index in [1.165, 1.54) is 0 Å². The summed E-state index contributed by atoms with van der Waals surface area (Å²) in [6.45, 7) is -2.01. The minimum atomic E-state index is -3.08. The average Bonchev–Trinajstić information content (AvgIpc) is 2.53. The van der Waals surface area contributed by atoms with Crippen molar-refractivity contribution >= 4 is 74.7 Å². The summed E-state index contributed by atoms with van der Waals surface area (Å²) >= 11 is 31.9. The maximum absolute atomic E-state index is 6.87. The second-order valence-corrected chi connectivity index (χ2v) is 19.0. The van der Waals surface area contributed by atoms with Gasteiger partial charge in [-0.05, 0) is 67.3 Å². The third-order valence-electron chi connectivity index (χ3n) is 3.43. The maximum atomic E-state index is 6.87. The van der Waals surface area contributed by atoms with E-state index in [9.17, 15) is 0 Å². The van der Waals surface area contributed by atoms with Crippen LogP contribution in [0.1, 0.15) is 11.1 Å². The van der Waals surface area contributed by atoms with Gasteiger partial charge >= 0.3 is 0 Å². The minimum absolute atomic E-state index is 0.502. The third-order valence-corrected chi connectivity index (χ3v) is 16.4. The number of nitrogens with zero attached hydrogens (tertiary/aromatic N) is 4. The summed E-state index contributed by atoms with van der Waals surface area (Å²) in [7, 11) is 0. The molecule has 0 aliphatic carbocycles. The molecule has 0 saturated heterocycles. The highest BCUT2D eigenvalue weighted by Gasteiger charge is 2.36. The number of halogens is 5. The second kappa shape index (κ2) is 8.50. The van der Waals surface area contributed by atoms with Crippen LogP contribution in [0.4, 0.5) is 0 Å². The van der Waals surface area contributed by atoms with Crippen molar-refractivity contribution < 1.29 is 0 Å². The summed E-state index contributed by atoms with van der Waals surface area (Å²) in [5.41, 5.74) is 2.11. The van der Waals surface area contributed by atoms with E-state index < -0.39 is 18.5 Å². The SMILES string of the molecule is ClP1(Cl)=NP(Cl)(Cl)=NP(Cl)(N(Cc2ccccc2)Cc2ccccc2)=N1. The Balaban J connectivity index is 2.07. The van der Waals surface area contributed by atoms with Crippen LogP contribution >= 0.6 is 74.7 Å². The maximum Gasteiger partial charge on any atom is 0.257 e. The van der Waals surface area contributed by atoms with Crippen LogP contribution in [0.25, 0.3) is 0 Å². The van der Waals surface area contributed by atoms with Crippen molar-refractivity contribution in [2.24, 2.45) is 13.5 Å². The molecular weight excluding hydrogens is 494 g/mol. The molecule has 0 radical (unpaired) electrons. The van der Waals surface area contributed by atoms with Gasteiger partial charge in [0.05, 0.1) is 0 Å². The van der Waals surface area contributed by atoms with Crippen LogP contribution < -0.4 is 0 Å². The number of hydrogen-bond acceptors (Lipinski definition) is 4. The zero-order valence-corrected chi connectivity index (χ0v) is 19.7. The van der Waals surface area contributed by atoms with Crippen molar-refractivity contribution in [3.05, 3.63) is 71.8 Å². The number of benzene rings is 2. The zero-order chi connectivity index (χ0) is 18.8. The van der Waals surface area contributed by atoms with Crippen molar-refractivity contribution in [3.63, 3.8) is 0 Å². The van der Waals surface area contributed by atoms with Crippen LogP contribution in [-0.2, 0) is 13.1 Å². The van der Waals surface area contributed by atoms with Gasteiger partial charge in [0.25, 0.3) is 11.8 Å². The van der Waals surface area contributed by atoms with Gasteiger partial charge in [0, 0.05) is 13.1 Å². The van der Waals surface area contributed by atoms with Gasteiger partial charge in [-0.15, -0.1) is 0 Å². The van der Waals surface area contributed by atoms with Gasteiger partial charge in [-0.25, -0.2) is 4.67 Å². The standard InChI is InChI=1S/C14H14Cl5N4P3/c15-24(16)20-25(17,18)22-26(19,21-24)23(11-13-7-3-1-4-8-13)12-14-9-5-2-6-10-14/h1-10H,11-12H2. The second-order valence-electron chi connectivity index (χ2n) is 5.47. The summed E-state index contributed by atoms with van der Waals surface area (Å²) in [5.74, 6) is -6.16. The van der Waals surface area contributed by atoms with Gasteiger partial charge in [-0.3, -0.25) is 0 Å². The first kappa shape index (κ1) is 21.3. The molecule has 3 rings (SSSR count). The molecule has 0 fully saturated rings. The molecule has 0 bridgehead atoms. The molecule has 1 aliphatic heterocycles. The molecule has 1 aliphatic rings. The molecule has 26 heavy (non-hydrogen) atoms. The number of rotatable bonds is 5. The van der Waals surface area contributed by atoms with E-state index >= 15 is 0 Å². The Morgan fingerprint density at radius 1 is 0.615 bits per heavy atom. The lowest BCUT2D eigenvalue weighted by molar-refractivity contribution is 0.446. The van der Waals surface area contributed by atoms with E-state index in [1.54, 1.807) is 0 Å². The highest BCUT2D eigenvalue weighted by atomic mass is 35.9. The molecule has 1 atom stereocenters. The zero-order valence-electron chi connectivity index (χ0n) is 13.2. The molecule has 4 nitrogen and oxygen atoms in total. The van der Waals surface area contributed by atoms with Crippen LogP contribution in [0, 0.1) is 0 Å². The van der Waals surface area contributed by atoms with Crippen molar-refractivity contribution in [2.45, 2.75) is 13.1 Å². The first-order chi connectivity index (χ1) is 12.2. The summed E-state index contributed by atoms with van der Waals surface area (Å²) in [6, 6.07) is 19.8. The van der Waals surface area contributed by atoms with E-state index in [4.69, 9.17) is 56.2 Å². The largest absolute Gasteiger partial charge is 0.257 e. The summed E-state index contributed by atoms with van der Waals surface area (Å²) in [5, 5.41) is 0. The first-order valence-corrected chi connectivity index (χ1v) is 17.0. The molecule has 0 aromatic heterocycles. The predicted octanol–water partition coefficient (Wildman–Crippen LogP) is 9.73. The Morgan fingerprint density at radius 2 is 1.04 bits per heavy atom. The highest BCUT2D eigenvalue weighted by Crippen LogP contribution is 2.87. The Labute approximate surface area is 177 Å². The lowest BCUT2D eigenvalue weighted by atomic mass is 10.2. The van der Waals surface area contributed by atoms with Gasteiger partial charge in [-0.2, -0.15) is 13.5 Å². The molecule has 0 amide bonds. The Morgan fingerprint density at radius 3 is 1.46 bits per heavy atom. The lowest BCUT2D eigenvalue weighted by Crippen LogP contribution is -2.17. The molecule has 2 aromatic carbocycles. The molecule has 2 aromatic rings. The van der Waals surface area contributed by atoms with Crippen LogP contribution in [0.3, 0.4) is 0 Å². The van der Waals surface area contributed by atoms with Gasteiger partial charge in [0.2, 0.25) is 6.71 Å². The summed E-state index contributed by atoms with van der Waals surface area (Å²) in [6.07, 6.45) is 0. The Kier molecular flexibility index (Phi) is 6.95. The van der Waals surface area contributed by atoms with Crippen LogP contribution in [0.2, 0.25) is 0 Å². The molecule has 0 saturated carbocycles. The molecule has 140 valence electrons. The topological polar surface area (TPSA) is 40.3 Å². The van der Waals surface area contributed by atoms with Crippen molar-refractivity contribution in [1.29, 1.82) is 0 Å². The quantitative estimate of drug-likeness (QED) is 0.371. The fourth-order valence-electron chi connectivity index (χ4n) is 2.39. The molecule has 12 heteroatoms. The van der Waals surface area contributed by atoms with Crippen molar-refractivity contribution in [3.8, 4) is 0 Å². The summed E-state index contributed by atoms with van der Waals surface area (Å²) in [4.78, 5) is 0. The smallest absolute Gasteiger partial charge is 0.231 e. The van der Waals surface area contributed by atoms with E-state index in [-0.39, 0.29) is 0 Å². The third kappa shape index (κ3) is 5.77. The summed E-state index contributed by atoms with van der Waals surface area (Å²) < 4.78 is 14.8. The van der Waals surface area contributed by atoms with E-state index in [0.717, 1.165) is 11.1 Å². The predicted molar refractivity (Wildman–Crippen MR) is 119 cm³/mol. The fourth-order valence-corrected chi connectivity index (χ4v) is 20.1. The molecule has 1 unspecified atom stereocenters. The van der Waals surface area contributed by atoms with Crippen LogP contribution in [0.5, 0.6) is 0 Å². The lowest BCUT2D eigenvalue weighted by Gasteiger charge is -2.32. The van der Waals surface area contributed by atoms with E-state index in [0.29, 0.717) is 13.1 Å². The van der Waals surface area contributed by atoms with E-state index in [1.807, 2.05) is 65.3 Å². The molecule has 1 heterocycles. The van der Waals surface area contributed by atoms with Gasteiger partial charge < -0.3 is 0 Å². The Hall–Kier alpha value is 0.540. The van der Waals surface area contributed by atoms with Crippen LogP contribution in [0.15, 0.2) is 74.2 Å². The highest BCUT2D eigenvalue weighted by molar-refractivity contribution is 8.22. The molecule has 0 spiro atoms. The molecular formula is C14H14Cl5N4P3. The Bertz CT molecular complexity index is 891. The van der Waals surface area contributed by atoms with Crippen molar-refractivity contribution in [2.75, 3.05) is 0 Å².